The number of hydrogen-bond acceptors (Lipinski definition) is 3. The average molecular weight is 342 g/mol. The standard InChI is InChI=1S/C20H26N2O3/c1-14-5-4-6-15(2)18(14)19-16(3)17(20(23)24)13-22(19)8-7-21-9-11-25-12-10-21/h4-6,13H,7-12H2,1-3H3,(H,23,24). The second-order valence-electron chi connectivity index (χ2n) is 6.74. The number of aryl methyl sites for hydroxylation is 2. The highest BCUT2D eigenvalue weighted by atomic mass is 16.5. The number of ether oxygens (including phenoxy) is 1. The molecule has 0 unspecified atom stereocenters. The number of morpholine rings is 1. The SMILES string of the molecule is Cc1cccc(C)c1-c1c(C)c(C(=O)O)cn1CCN1CCOCC1. The van der Waals surface area contributed by atoms with Crippen molar-refractivity contribution in [2.45, 2.75) is 27.3 Å². The molecule has 1 aromatic heterocycles. The Balaban J connectivity index is 1.99. The lowest BCUT2D eigenvalue weighted by Gasteiger charge is -2.27. The maximum absolute atomic E-state index is 11.7. The maximum Gasteiger partial charge on any atom is 0.337 e. The van der Waals surface area contributed by atoms with Crippen molar-refractivity contribution in [3.63, 3.8) is 0 Å². The van der Waals surface area contributed by atoms with Gasteiger partial charge in [0.1, 0.15) is 0 Å². The third-order valence-electron chi connectivity index (χ3n) is 5.04. The molecule has 0 atom stereocenters. The summed E-state index contributed by atoms with van der Waals surface area (Å²) in [5.41, 5.74) is 5.75. The fraction of sp³-hybridized carbons (Fsp3) is 0.450. The Morgan fingerprint density at radius 2 is 1.76 bits per heavy atom. The summed E-state index contributed by atoms with van der Waals surface area (Å²) in [6.07, 6.45) is 1.79. The summed E-state index contributed by atoms with van der Waals surface area (Å²) in [6, 6.07) is 6.21. The summed E-state index contributed by atoms with van der Waals surface area (Å²) in [6.45, 7) is 11.2. The van der Waals surface area contributed by atoms with Crippen LogP contribution in [-0.2, 0) is 11.3 Å². The van der Waals surface area contributed by atoms with E-state index in [1.807, 2.05) is 13.0 Å². The predicted octanol–water partition coefficient (Wildman–Crippen LogP) is 3.11. The molecule has 0 saturated carbocycles. The van der Waals surface area contributed by atoms with Crippen molar-refractivity contribution in [3.05, 3.63) is 46.6 Å². The number of rotatable bonds is 5. The van der Waals surface area contributed by atoms with Crippen LogP contribution in [0.1, 0.15) is 27.0 Å². The normalized spacial score (nSPS) is 15.5. The molecule has 1 aromatic carbocycles. The molecule has 3 rings (SSSR count). The Hall–Kier alpha value is -2.11. The Kier molecular flexibility index (Phi) is 5.25. The third kappa shape index (κ3) is 3.62. The zero-order valence-electron chi connectivity index (χ0n) is 15.2. The molecule has 1 fully saturated rings. The first kappa shape index (κ1) is 17.7. The molecule has 1 aliphatic heterocycles. The van der Waals surface area contributed by atoms with E-state index in [1.165, 1.54) is 11.1 Å². The van der Waals surface area contributed by atoms with Crippen molar-refractivity contribution in [2.24, 2.45) is 0 Å². The van der Waals surface area contributed by atoms with Crippen molar-refractivity contribution in [1.82, 2.24) is 9.47 Å². The van der Waals surface area contributed by atoms with Gasteiger partial charge < -0.3 is 14.4 Å². The van der Waals surface area contributed by atoms with E-state index in [0.29, 0.717) is 5.56 Å². The minimum Gasteiger partial charge on any atom is -0.478 e. The monoisotopic (exact) mass is 342 g/mol. The van der Waals surface area contributed by atoms with E-state index in [2.05, 4.69) is 35.4 Å². The average Bonchev–Trinajstić information content (AvgIpc) is 2.91. The molecule has 1 saturated heterocycles. The van der Waals surface area contributed by atoms with Gasteiger partial charge >= 0.3 is 5.97 Å². The lowest BCUT2D eigenvalue weighted by atomic mass is 9.97. The lowest BCUT2D eigenvalue weighted by Crippen LogP contribution is -2.38. The maximum atomic E-state index is 11.7. The van der Waals surface area contributed by atoms with Gasteiger partial charge in [0.05, 0.1) is 24.5 Å². The van der Waals surface area contributed by atoms with E-state index < -0.39 is 5.97 Å². The Morgan fingerprint density at radius 1 is 1.12 bits per heavy atom. The van der Waals surface area contributed by atoms with Crippen molar-refractivity contribution >= 4 is 5.97 Å². The molecule has 0 spiro atoms. The number of aromatic nitrogens is 1. The molecule has 25 heavy (non-hydrogen) atoms. The second-order valence-corrected chi connectivity index (χ2v) is 6.74. The quantitative estimate of drug-likeness (QED) is 0.907. The zero-order chi connectivity index (χ0) is 18.0. The van der Waals surface area contributed by atoms with Gasteiger partial charge in [-0.3, -0.25) is 4.90 Å². The Bertz CT molecular complexity index is 753. The van der Waals surface area contributed by atoms with Crippen LogP contribution in [0.25, 0.3) is 11.3 Å². The van der Waals surface area contributed by atoms with Crippen LogP contribution in [0.5, 0.6) is 0 Å². The summed E-state index contributed by atoms with van der Waals surface area (Å²) in [7, 11) is 0. The number of nitrogens with zero attached hydrogens (tertiary/aromatic N) is 2. The highest BCUT2D eigenvalue weighted by Gasteiger charge is 2.21. The number of benzene rings is 1. The fourth-order valence-corrected chi connectivity index (χ4v) is 3.65. The van der Waals surface area contributed by atoms with Crippen LogP contribution in [0.4, 0.5) is 0 Å². The zero-order valence-corrected chi connectivity index (χ0v) is 15.2. The van der Waals surface area contributed by atoms with Crippen LogP contribution >= 0.6 is 0 Å². The molecule has 5 nitrogen and oxygen atoms in total. The van der Waals surface area contributed by atoms with Crippen molar-refractivity contribution in [1.29, 1.82) is 0 Å². The highest BCUT2D eigenvalue weighted by Crippen LogP contribution is 2.33. The molecule has 2 aromatic rings. The van der Waals surface area contributed by atoms with Crippen LogP contribution in [0, 0.1) is 20.8 Å². The summed E-state index contributed by atoms with van der Waals surface area (Å²) in [5, 5.41) is 9.57. The predicted molar refractivity (Wildman–Crippen MR) is 98.3 cm³/mol. The van der Waals surface area contributed by atoms with Gasteiger partial charge in [-0.1, -0.05) is 18.2 Å². The minimum absolute atomic E-state index is 0.389. The van der Waals surface area contributed by atoms with Crippen molar-refractivity contribution in [3.8, 4) is 11.3 Å². The van der Waals surface area contributed by atoms with Gasteiger partial charge in [0, 0.05) is 37.9 Å². The lowest BCUT2D eigenvalue weighted by molar-refractivity contribution is 0.0364. The van der Waals surface area contributed by atoms with Gasteiger partial charge in [0.15, 0.2) is 0 Å². The van der Waals surface area contributed by atoms with E-state index in [9.17, 15) is 9.90 Å². The third-order valence-corrected chi connectivity index (χ3v) is 5.04. The summed E-state index contributed by atoms with van der Waals surface area (Å²) in [5.74, 6) is -0.866. The van der Waals surface area contributed by atoms with Crippen LogP contribution in [0.3, 0.4) is 0 Å². The topological polar surface area (TPSA) is 54.7 Å². The first-order chi connectivity index (χ1) is 12.0. The number of carbonyl (C=O) groups is 1. The van der Waals surface area contributed by atoms with E-state index in [4.69, 9.17) is 4.74 Å². The molecular formula is C20H26N2O3. The number of carboxylic acid groups (broad SMARTS) is 1. The molecular weight excluding hydrogens is 316 g/mol. The van der Waals surface area contributed by atoms with Crippen LogP contribution < -0.4 is 0 Å². The molecule has 0 aliphatic carbocycles. The molecule has 134 valence electrons. The first-order valence-corrected chi connectivity index (χ1v) is 8.78. The van der Waals surface area contributed by atoms with E-state index in [-0.39, 0.29) is 0 Å². The Labute approximate surface area is 148 Å². The fourth-order valence-electron chi connectivity index (χ4n) is 3.65. The molecule has 0 bridgehead atoms. The summed E-state index contributed by atoms with van der Waals surface area (Å²) >= 11 is 0. The van der Waals surface area contributed by atoms with E-state index in [1.54, 1.807) is 6.20 Å². The molecule has 0 amide bonds. The number of aromatic carboxylic acids is 1. The summed E-state index contributed by atoms with van der Waals surface area (Å²) < 4.78 is 7.52. The highest BCUT2D eigenvalue weighted by molar-refractivity contribution is 5.92. The smallest absolute Gasteiger partial charge is 0.337 e. The van der Waals surface area contributed by atoms with Gasteiger partial charge in [-0.2, -0.15) is 0 Å². The van der Waals surface area contributed by atoms with Crippen molar-refractivity contribution in [2.75, 3.05) is 32.8 Å². The molecule has 1 N–H and O–H groups in total. The molecule has 2 heterocycles. The molecule has 1 aliphatic rings. The van der Waals surface area contributed by atoms with Crippen LogP contribution in [-0.4, -0.2) is 53.4 Å². The van der Waals surface area contributed by atoms with E-state index >= 15 is 0 Å². The van der Waals surface area contributed by atoms with Gasteiger partial charge in [0.25, 0.3) is 0 Å². The van der Waals surface area contributed by atoms with Gasteiger partial charge in [-0.05, 0) is 37.5 Å². The Morgan fingerprint density at radius 3 is 2.36 bits per heavy atom. The molecule has 5 heteroatoms. The largest absolute Gasteiger partial charge is 0.478 e. The number of carboxylic acids is 1. The summed E-state index contributed by atoms with van der Waals surface area (Å²) in [4.78, 5) is 14.0. The van der Waals surface area contributed by atoms with Crippen molar-refractivity contribution < 1.29 is 14.6 Å². The minimum atomic E-state index is -0.866. The second kappa shape index (κ2) is 7.42. The first-order valence-electron chi connectivity index (χ1n) is 8.78. The number of hydrogen-bond donors (Lipinski definition) is 1. The van der Waals surface area contributed by atoms with Gasteiger partial charge in [0.2, 0.25) is 0 Å². The molecule has 0 radical (unpaired) electrons. The van der Waals surface area contributed by atoms with Gasteiger partial charge in [-0.25, -0.2) is 4.79 Å². The van der Waals surface area contributed by atoms with Crippen LogP contribution in [0.15, 0.2) is 24.4 Å². The van der Waals surface area contributed by atoms with E-state index in [0.717, 1.165) is 56.2 Å². The van der Waals surface area contributed by atoms with Gasteiger partial charge in [-0.15, -0.1) is 0 Å². The van der Waals surface area contributed by atoms with Crippen LogP contribution in [0.2, 0.25) is 0 Å².